The van der Waals surface area contributed by atoms with Crippen LogP contribution in [0.2, 0.25) is 0 Å². The van der Waals surface area contributed by atoms with Gasteiger partial charge in [-0.1, -0.05) is 42.0 Å². The number of hydrogen-bond acceptors (Lipinski definition) is 7. The Bertz CT molecular complexity index is 1340. The molecule has 1 aromatic heterocycles. The molecule has 1 aliphatic rings. The number of aromatic nitrogens is 1. The lowest BCUT2D eigenvalue weighted by Gasteiger charge is -2.22. The summed E-state index contributed by atoms with van der Waals surface area (Å²) in [6, 6.07) is 10.5. The molecule has 0 amide bonds. The number of benzene rings is 2. The van der Waals surface area contributed by atoms with Crippen LogP contribution in [0.3, 0.4) is 0 Å². The highest BCUT2D eigenvalue weighted by Crippen LogP contribution is 2.37. The molecule has 0 saturated carbocycles. The summed E-state index contributed by atoms with van der Waals surface area (Å²) in [7, 11) is -3.88. The quantitative estimate of drug-likeness (QED) is 0.488. The summed E-state index contributed by atoms with van der Waals surface area (Å²) in [6.45, 7) is 8.70. The van der Waals surface area contributed by atoms with Crippen molar-refractivity contribution in [3.05, 3.63) is 75.4 Å². The maximum atomic E-state index is 13.5. The van der Waals surface area contributed by atoms with Crippen molar-refractivity contribution < 1.29 is 21.9 Å². The summed E-state index contributed by atoms with van der Waals surface area (Å²) in [6.07, 6.45) is 1.17. The van der Waals surface area contributed by atoms with Gasteiger partial charge >= 0.3 is 0 Å². The van der Waals surface area contributed by atoms with E-state index in [0.717, 1.165) is 28.0 Å². The minimum Gasteiger partial charge on any atom is -0.383 e. The summed E-state index contributed by atoms with van der Waals surface area (Å²) in [4.78, 5) is 4.40. The maximum absolute atomic E-state index is 13.5. The van der Waals surface area contributed by atoms with E-state index >= 15 is 0 Å². The second kappa shape index (κ2) is 9.25. The Labute approximate surface area is 206 Å². The lowest BCUT2D eigenvalue weighted by molar-refractivity contribution is 0.0783. The molecule has 4 rings (SSSR count). The molecule has 0 saturated heterocycles. The number of rotatable bonds is 7. The maximum Gasteiger partial charge on any atom is 0.241 e. The Morgan fingerprint density at radius 3 is 2.44 bits per heavy atom. The molecule has 3 atom stereocenters. The van der Waals surface area contributed by atoms with Crippen molar-refractivity contribution in [1.29, 1.82) is 0 Å². The molecule has 0 radical (unpaired) electrons. The van der Waals surface area contributed by atoms with Gasteiger partial charge in [0.2, 0.25) is 21.1 Å². The van der Waals surface area contributed by atoms with Crippen molar-refractivity contribution in [2.45, 2.75) is 67.9 Å². The average molecular weight is 521 g/mol. The zero-order chi connectivity index (χ0) is 24.8. The first-order valence-electron chi connectivity index (χ1n) is 10.8. The summed E-state index contributed by atoms with van der Waals surface area (Å²) < 4.78 is 49.1. The van der Waals surface area contributed by atoms with E-state index in [9.17, 15) is 17.7 Å². The van der Waals surface area contributed by atoms with E-state index in [1.165, 1.54) is 6.20 Å². The molecule has 10 heteroatoms. The van der Waals surface area contributed by atoms with Gasteiger partial charge in [-0.2, -0.15) is 0 Å². The molecule has 2 N–H and O–H groups in total. The topological polar surface area (TPSA) is 106 Å². The van der Waals surface area contributed by atoms with Crippen molar-refractivity contribution in [3.8, 4) is 0 Å². The molecule has 182 valence electrons. The molecule has 7 nitrogen and oxygen atoms in total. The van der Waals surface area contributed by atoms with Crippen LogP contribution in [0.15, 0.2) is 51.7 Å². The van der Waals surface area contributed by atoms with Crippen LogP contribution >= 0.6 is 11.3 Å². The summed E-state index contributed by atoms with van der Waals surface area (Å²) in [5.41, 5.74) is 2.92. The fraction of sp³-hybridized carbons (Fsp3) is 0.375. The van der Waals surface area contributed by atoms with Crippen molar-refractivity contribution in [2.75, 3.05) is 0 Å². The van der Waals surface area contributed by atoms with Crippen molar-refractivity contribution in [3.63, 3.8) is 0 Å². The third kappa shape index (κ3) is 5.02. The third-order valence-corrected chi connectivity index (χ3v) is 10.1. The van der Waals surface area contributed by atoms with Gasteiger partial charge in [0, 0.05) is 6.42 Å². The molecular formula is C24H28N2O5S3. The number of nitrogens with one attached hydrogen (secondary N) is 1. The monoisotopic (exact) mass is 520 g/mol. The Morgan fingerprint density at radius 1 is 1.18 bits per heavy atom. The number of sulfonamides is 1. The highest BCUT2D eigenvalue weighted by atomic mass is 32.2. The van der Waals surface area contributed by atoms with Crippen LogP contribution in [0.25, 0.3) is 0 Å². The first kappa shape index (κ1) is 25.2. The third-order valence-electron chi connectivity index (χ3n) is 5.72. The van der Waals surface area contributed by atoms with Crippen molar-refractivity contribution in [1.82, 2.24) is 9.71 Å². The predicted molar refractivity (Wildman–Crippen MR) is 133 cm³/mol. The molecule has 0 spiro atoms. The number of thiazole rings is 1. The smallest absolute Gasteiger partial charge is 0.241 e. The standard InChI is InChI=1S/C24H28N2O5S3/c1-14-10-15(2)22(16(3)11-14)34(29,30)26-21-18-9-7-6-8-17(18)12-19(21)31-33(28)20-13-25-23(32-20)24(4,5)27/h6-11,13,19,21,26-27H,12H2,1-5H3/t19-,21+,33-/m0/s1. The van der Waals surface area contributed by atoms with E-state index in [1.54, 1.807) is 27.7 Å². The van der Waals surface area contributed by atoms with Crippen LogP contribution in [0.4, 0.5) is 0 Å². The second-order valence-electron chi connectivity index (χ2n) is 9.14. The van der Waals surface area contributed by atoms with E-state index in [1.807, 2.05) is 43.3 Å². The van der Waals surface area contributed by atoms with Gasteiger partial charge in [-0.05, 0) is 56.9 Å². The largest absolute Gasteiger partial charge is 0.383 e. The van der Waals surface area contributed by atoms with Gasteiger partial charge < -0.3 is 5.11 Å². The predicted octanol–water partition coefficient (Wildman–Crippen LogP) is 3.98. The van der Waals surface area contributed by atoms with Gasteiger partial charge in [0.25, 0.3) is 0 Å². The van der Waals surface area contributed by atoms with E-state index in [-0.39, 0.29) is 4.90 Å². The highest BCUT2D eigenvalue weighted by Gasteiger charge is 2.38. The lowest BCUT2D eigenvalue weighted by Crippen LogP contribution is -2.36. The van der Waals surface area contributed by atoms with Gasteiger partial charge in [-0.3, -0.25) is 4.18 Å². The van der Waals surface area contributed by atoms with E-state index in [2.05, 4.69) is 9.71 Å². The fourth-order valence-corrected chi connectivity index (χ4v) is 7.99. The number of hydrogen-bond donors (Lipinski definition) is 2. The fourth-order valence-electron chi connectivity index (χ4n) is 4.38. The summed E-state index contributed by atoms with van der Waals surface area (Å²) in [5, 5.41) is 10.6. The average Bonchev–Trinajstić information content (AvgIpc) is 3.33. The molecule has 1 aliphatic carbocycles. The minimum atomic E-state index is -3.88. The van der Waals surface area contributed by atoms with Crippen LogP contribution in [0, 0.1) is 20.8 Å². The first-order valence-corrected chi connectivity index (χ1v) is 14.2. The van der Waals surface area contributed by atoms with E-state index in [0.29, 0.717) is 26.8 Å². The van der Waals surface area contributed by atoms with Gasteiger partial charge in [0.15, 0.2) is 0 Å². The van der Waals surface area contributed by atoms with Crippen molar-refractivity contribution >= 4 is 32.4 Å². The Kier molecular flexibility index (Phi) is 6.84. The Hall–Kier alpha value is -1.95. The lowest BCUT2D eigenvalue weighted by atomic mass is 10.1. The number of fused-ring (bicyclic) bond motifs is 1. The summed E-state index contributed by atoms with van der Waals surface area (Å²) in [5.74, 6) is 0. The SMILES string of the molecule is Cc1cc(C)c(S(=O)(=O)N[C@@H]2c3ccccc3C[C@@H]2O[S@](=O)c2cnc(C(C)(C)O)s2)c(C)c1. The van der Waals surface area contributed by atoms with Crippen LogP contribution in [0.5, 0.6) is 0 Å². The number of aliphatic hydroxyl groups is 1. The molecular weight excluding hydrogens is 492 g/mol. The molecule has 0 bridgehead atoms. The molecule has 3 aromatic rings. The van der Waals surface area contributed by atoms with E-state index < -0.39 is 38.9 Å². The molecule has 0 fully saturated rings. The highest BCUT2D eigenvalue weighted by molar-refractivity contribution is 7.89. The molecule has 34 heavy (non-hydrogen) atoms. The zero-order valence-electron chi connectivity index (χ0n) is 19.7. The zero-order valence-corrected chi connectivity index (χ0v) is 22.1. The first-order chi connectivity index (χ1) is 15.9. The van der Waals surface area contributed by atoms with Gasteiger partial charge in [0.05, 0.1) is 23.2 Å². The van der Waals surface area contributed by atoms with Gasteiger partial charge in [-0.25, -0.2) is 22.3 Å². The van der Waals surface area contributed by atoms with Crippen LogP contribution in [-0.4, -0.2) is 28.8 Å². The number of aryl methyl sites for hydroxylation is 3. The number of nitrogens with zero attached hydrogens (tertiary/aromatic N) is 1. The minimum absolute atomic E-state index is 0.250. The Morgan fingerprint density at radius 2 is 1.82 bits per heavy atom. The molecule has 1 heterocycles. The van der Waals surface area contributed by atoms with Crippen molar-refractivity contribution in [2.24, 2.45) is 0 Å². The van der Waals surface area contributed by atoms with Crippen LogP contribution in [-0.2, 0) is 37.3 Å². The Balaban J connectivity index is 1.64. The molecule has 0 unspecified atom stereocenters. The van der Waals surface area contributed by atoms with Crippen LogP contribution in [0.1, 0.15) is 52.7 Å². The molecule has 0 aliphatic heterocycles. The summed E-state index contributed by atoms with van der Waals surface area (Å²) >= 11 is -0.764. The second-order valence-corrected chi connectivity index (χ2v) is 13.2. The van der Waals surface area contributed by atoms with Gasteiger partial charge in [0.1, 0.15) is 14.8 Å². The van der Waals surface area contributed by atoms with Gasteiger partial charge in [-0.15, -0.1) is 11.3 Å². The van der Waals surface area contributed by atoms with Crippen LogP contribution < -0.4 is 4.72 Å². The normalized spacial score (nSPS) is 19.2. The molecule has 2 aromatic carbocycles. The van der Waals surface area contributed by atoms with E-state index in [4.69, 9.17) is 4.18 Å².